The molecule has 0 fully saturated rings. The summed E-state index contributed by atoms with van der Waals surface area (Å²) in [7, 11) is 0. The van der Waals surface area contributed by atoms with Crippen molar-refractivity contribution < 1.29 is 9.59 Å². The first-order valence-corrected chi connectivity index (χ1v) is 6.42. The first-order chi connectivity index (χ1) is 8.58. The quantitative estimate of drug-likeness (QED) is 0.856. The molecule has 0 saturated carbocycles. The molecule has 0 saturated heterocycles. The van der Waals surface area contributed by atoms with E-state index >= 15 is 0 Å². The summed E-state index contributed by atoms with van der Waals surface area (Å²) in [5.74, 6) is -0.106. The summed E-state index contributed by atoms with van der Waals surface area (Å²) >= 11 is 1.58. The third-order valence-corrected chi connectivity index (χ3v) is 3.43. The van der Waals surface area contributed by atoms with Crippen LogP contribution in [0.4, 0.5) is 5.69 Å². The number of ketones is 1. The number of hydrogen-bond acceptors (Lipinski definition) is 3. The summed E-state index contributed by atoms with van der Waals surface area (Å²) < 4.78 is 0. The fourth-order valence-electron chi connectivity index (χ4n) is 1.70. The summed E-state index contributed by atoms with van der Waals surface area (Å²) in [4.78, 5) is 23.6. The molecule has 0 aliphatic carbocycles. The van der Waals surface area contributed by atoms with Crippen LogP contribution in [0.3, 0.4) is 0 Å². The molecule has 2 rings (SSSR count). The van der Waals surface area contributed by atoms with Crippen molar-refractivity contribution in [2.75, 3.05) is 5.32 Å². The molecule has 0 atom stereocenters. The van der Waals surface area contributed by atoms with Crippen LogP contribution in [0.25, 0.3) is 10.4 Å². The number of thiophene rings is 1. The van der Waals surface area contributed by atoms with Crippen LogP contribution in [0.15, 0.2) is 35.7 Å². The average molecular weight is 259 g/mol. The molecule has 3 nitrogen and oxygen atoms in total. The fraction of sp³-hybridized carbons (Fsp3) is 0.143. The van der Waals surface area contributed by atoms with E-state index < -0.39 is 0 Å². The van der Waals surface area contributed by atoms with Crippen molar-refractivity contribution in [3.05, 3.63) is 41.3 Å². The Morgan fingerprint density at radius 2 is 1.94 bits per heavy atom. The van der Waals surface area contributed by atoms with Crippen LogP contribution in [0, 0.1) is 0 Å². The Hall–Kier alpha value is -1.94. The summed E-state index contributed by atoms with van der Waals surface area (Å²) in [6.07, 6.45) is 0. The molecule has 92 valence electrons. The number of hydrogen-bond donors (Lipinski definition) is 1. The van der Waals surface area contributed by atoms with E-state index in [0.29, 0.717) is 5.56 Å². The standard InChI is InChI=1S/C14H13NO2S/c1-9(16)11-5-6-13(15-10(2)17)12(8-11)14-4-3-7-18-14/h3-8H,1-2H3,(H,15,17). The molecule has 2 aromatic rings. The lowest BCUT2D eigenvalue weighted by molar-refractivity contribution is -0.114. The Kier molecular flexibility index (Phi) is 3.58. The molecule has 1 aromatic heterocycles. The van der Waals surface area contributed by atoms with Crippen molar-refractivity contribution in [3.63, 3.8) is 0 Å². The van der Waals surface area contributed by atoms with E-state index in [1.165, 1.54) is 13.8 Å². The van der Waals surface area contributed by atoms with Crippen molar-refractivity contribution in [2.24, 2.45) is 0 Å². The molecule has 0 aliphatic heterocycles. The molecule has 1 aromatic carbocycles. The van der Waals surface area contributed by atoms with Gasteiger partial charge in [0, 0.05) is 28.6 Å². The predicted octanol–water partition coefficient (Wildman–Crippen LogP) is 3.58. The molecule has 0 radical (unpaired) electrons. The molecule has 0 unspecified atom stereocenters. The van der Waals surface area contributed by atoms with Crippen LogP contribution in [-0.2, 0) is 4.79 Å². The van der Waals surface area contributed by atoms with Crippen molar-refractivity contribution in [2.45, 2.75) is 13.8 Å². The summed E-state index contributed by atoms with van der Waals surface area (Å²) in [6, 6.07) is 9.23. The zero-order valence-electron chi connectivity index (χ0n) is 10.2. The van der Waals surface area contributed by atoms with Gasteiger partial charge in [-0.1, -0.05) is 6.07 Å². The van der Waals surface area contributed by atoms with E-state index in [9.17, 15) is 9.59 Å². The van der Waals surface area contributed by atoms with Crippen LogP contribution in [0.5, 0.6) is 0 Å². The molecule has 1 N–H and O–H groups in total. The normalized spacial score (nSPS) is 10.1. The Balaban J connectivity index is 2.53. The summed E-state index contributed by atoms with van der Waals surface area (Å²) in [6.45, 7) is 3.00. The van der Waals surface area contributed by atoms with Gasteiger partial charge in [-0.05, 0) is 36.6 Å². The van der Waals surface area contributed by atoms with Gasteiger partial charge in [-0.15, -0.1) is 11.3 Å². The second-order valence-electron chi connectivity index (χ2n) is 3.98. The molecule has 1 heterocycles. The number of benzene rings is 1. The number of rotatable bonds is 3. The third-order valence-electron chi connectivity index (χ3n) is 2.52. The largest absolute Gasteiger partial charge is 0.326 e. The fourth-order valence-corrected chi connectivity index (χ4v) is 2.45. The first kappa shape index (κ1) is 12.5. The minimum absolute atomic E-state index is 0.0159. The molecule has 0 aliphatic rings. The third kappa shape index (κ3) is 2.65. The van der Waals surface area contributed by atoms with Crippen LogP contribution in [0.1, 0.15) is 24.2 Å². The molecule has 1 amide bonds. The maximum absolute atomic E-state index is 11.4. The van der Waals surface area contributed by atoms with Gasteiger partial charge in [0.1, 0.15) is 0 Å². The average Bonchev–Trinajstić information content (AvgIpc) is 2.81. The van der Waals surface area contributed by atoms with E-state index in [4.69, 9.17) is 0 Å². The number of carbonyl (C=O) groups is 2. The SMILES string of the molecule is CC(=O)Nc1ccc(C(C)=O)cc1-c1cccs1. The van der Waals surface area contributed by atoms with Crippen LogP contribution >= 0.6 is 11.3 Å². The lowest BCUT2D eigenvalue weighted by Gasteiger charge is -2.10. The topological polar surface area (TPSA) is 46.2 Å². The van der Waals surface area contributed by atoms with Gasteiger partial charge >= 0.3 is 0 Å². The van der Waals surface area contributed by atoms with Gasteiger partial charge in [0.25, 0.3) is 0 Å². The van der Waals surface area contributed by atoms with Gasteiger partial charge in [-0.25, -0.2) is 0 Å². The Labute approximate surface area is 109 Å². The minimum Gasteiger partial charge on any atom is -0.326 e. The molecule has 0 bridgehead atoms. The lowest BCUT2D eigenvalue weighted by Crippen LogP contribution is -2.07. The minimum atomic E-state index is -0.122. The van der Waals surface area contributed by atoms with Crippen LogP contribution in [0.2, 0.25) is 0 Å². The maximum Gasteiger partial charge on any atom is 0.221 e. The molecule has 18 heavy (non-hydrogen) atoms. The highest BCUT2D eigenvalue weighted by Gasteiger charge is 2.10. The van der Waals surface area contributed by atoms with Gasteiger partial charge in [0.2, 0.25) is 5.91 Å². The van der Waals surface area contributed by atoms with Gasteiger partial charge in [0.15, 0.2) is 5.78 Å². The van der Waals surface area contributed by atoms with Gasteiger partial charge < -0.3 is 5.32 Å². The number of anilines is 1. The highest BCUT2D eigenvalue weighted by atomic mass is 32.1. The maximum atomic E-state index is 11.4. The Morgan fingerprint density at radius 3 is 2.50 bits per heavy atom. The van der Waals surface area contributed by atoms with E-state index in [2.05, 4.69) is 5.32 Å². The van der Waals surface area contributed by atoms with Crippen molar-refractivity contribution in [3.8, 4) is 10.4 Å². The van der Waals surface area contributed by atoms with E-state index in [-0.39, 0.29) is 11.7 Å². The predicted molar refractivity (Wildman–Crippen MR) is 74.1 cm³/mol. The number of carbonyl (C=O) groups excluding carboxylic acids is 2. The second-order valence-corrected chi connectivity index (χ2v) is 4.92. The van der Waals surface area contributed by atoms with Gasteiger partial charge in [-0.3, -0.25) is 9.59 Å². The van der Waals surface area contributed by atoms with Crippen molar-refractivity contribution >= 4 is 28.7 Å². The molecular weight excluding hydrogens is 246 g/mol. The number of amides is 1. The highest BCUT2D eigenvalue weighted by Crippen LogP contribution is 2.32. The monoisotopic (exact) mass is 259 g/mol. The number of nitrogens with one attached hydrogen (secondary N) is 1. The van der Waals surface area contributed by atoms with E-state index in [1.807, 2.05) is 23.6 Å². The van der Waals surface area contributed by atoms with Gasteiger partial charge in [0.05, 0.1) is 0 Å². The Morgan fingerprint density at radius 1 is 1.17 bits per heavy atom. The highest BCUT2D eigenvalue weighted by molar-refractivity contribution is 7.13. The second kappa shape index (κ2) is 5.14. The van der Waals surface area contributed by atoms with Crippen LogP contribution in [-0.4, -0.2) is 11.7 Å². The molecular formula is C14H13NO2S. The zero-order valence-corrected chi connectivity index (χ0v) is 11.0. The van der Waals surface area contributed by atoms with Crippen molar-refractivity contribution in [1.29, 1.82) is 0 Å². The summed E-state index contributed by atoms with van der Waals surface area (Å²) in [5.41, 5.74) is 2.26. The van der Waals surface area contributed by atoms with Gasteiger partial charge in [-0.2, -0.15) is 0 Å². The molecule has 4 heteroatoms. The van der Waals surface area contributed by atoms with E-state index in [0.717, 1.165) is 16.1 Å². The smallest absolute Gasteiger partial charge is 0.221 e. The molecule has 0 spiro atoms. The first-order valence-electron chi connectivity index (χ1n) is 5.54. The summed E-state index contributed by atoms with van der Waals surface area (Å²) in [5, 5.41) is 4.75. The van der Waals surface area contributed by atoms with Crippen molar-refractivity contribution in [1.82, 2.24) is 0 Å². The number of Topliss-reactive ketones (excluding diaryl/α,β-unsaturated/α-hetero) is 1. The van der Waals surface area contributed by atoms with Crippen LogP contribution < -0.4 is 5.32 Å². The Bertz CT molecular complexity index is 588. The van der Waals surface area contributed by atoms with E-state index in [1.54, 1.807) is 23.5 Å². The lowest BCUT2D eigenvalue weighted by atomic mass is 10.0. The zero-order chi connectivity index (χ0) is 13.1.